The summed E-state index contributed by atoms with van der Waals surface area (Å²) in [6.07, 6.45) is -0.961. The van der Waals surface area contributed by atoms with Gasteiger partial charge >= 0.3 is 16.3 Å². The predicted octanol–water partition coefficient (Wildman–Crippen LogP) is 2.06. The normalized spacial score (nSPS) is 15.6. The van der Waals surface area contributed by atoms with E-state index in [0.717, 1.165) is 5.56 Å². The molecular formula is C12H15FN2O4S. The van der Waals surface area contributed by atoms with Crippen LogP contribution in [0, 0.1) is 5.82 Å². The van der Waals surface area contributed by atoms with Gasteiger partial charge in [0.2, 0.25) is 0 Å². The summed E-state index contributed by atoms with van der Waals surface area (Å²) < 4.78 is 44.8. The van der Waals surface area contributed by atoms with E-state index in [0.29, 0.717) is 4.31 Å². The predicted molar refractivity (Wildman–Crippen MR) is 71.1 cm³/mol. The van der Waals surface area contributed by atoms with Crippen molar-refractivity contribution in [3.05, 3.63) is 29.6 Å². The minimum atomic E-state index is -4.15. The molecule has 0 unspecified atom stereocenters. The molecule has 1 aromatic rings. The van der Waals surface area contributed by atoms with Crippen LogP contribution in [0.15, 0.2) is 18.2 Å². The lowest BCUT2D eigenvalue weighted by Crippen LogP contribution is -2.36. The lowest BCUT2D eigenvalue weighted by atomic mass is 10.0. The molecule has 1 amide bonds. The molecule has 1 aliphatic heterocycles. The maximum atomic E-state index is 13.9. The quantitative estimate of drug-likeness (QED) is 0.923. The minimum Gasteiger partial charge on any atom is -0.447 e. The van der Waals surface area contributed by atoms with Gasteiger partial charge in [-0.15, -0.1) is 0 Å². The van der Waals surface area contributed by atoms with E-state index in [2.05, 4.69) is 4.74 Å². The smallest absolute Gasteiger partial charge is 0.425 e. The standard InChI is InChI=1S/C12H15FN2O4S/c1-8(2)9-3-4-11(10(13)7-9)14-20(17,18)15-5-6-19-12(15)16/h3-4,7-8,14H,5-6H2,1-2H3. The second kappa shape index (κ2) is 5.28. The van der Waals surface area contributed by atoms with E-state index in [9.17, 15) is 17.6 Å². The zero-order valence-corrected chi connectivity index (χ0v) is 11.9. The molecule has 8 heteroatoms. The SMILES string of the molecule is CC(C)c1ccc(NS(=O)(=O)N2CCOC2=O)c(F)c1. The average Bonchev–Trinajstić information content (AvgIpc) is 2.78. The van der Waals surface area contributed by atoms with Gasteiger partial charge in [-0.2, -0.15) is 12.7 Å². The number of hydrogen-bond acceptors (Lipinski definition) is 4. The third-order valence-corrected chi connectivity index (χ3v) is 4.30. The van der Waals surface area contributed by atoms with Crippen molar-refractivity contribution in [2.45, 2.75) is 19.8 Å². The second-order valence-electron chi connectivity index (χ2n) is 4.69. The Hall–Kier alpha value is -1.83. The van der Waals surface area contributed by atoms with Crippen molar-refractivity contribution in [2.24, 2.45) is 0 Å². The molecule has 0 bridgehead atoms. The zero-order chi connectivity index (χ0) is 14.9. The molecule has 1 aliphatic rings. The van der Waals surface area contributed by atoms with Crippen LogP contribution in [-0.4, -0.2) is 32.0 Å². The highest BCUT2D eigenvalue weighted by molar-refractivity contribution is 7.90. The first-order chi connectivity index (χ1) is 9.31. The van der Waals surface area contributed by atoms with Gasteiger partial charge < -0.3 is 4.74 Å². The molecule has 1 N–H and O–H groups in total. The van der Waals surface area contributed by atoms with Crippen molar-refractivity contribution in [1.82, 2.24) is 4.31 Å². The van der Waals surface area contributed by atoms with E-state index in [4.69, 9.17) is 0 Å². The van der Waals surface area contributed by atoms with Crippen molar-refractivity contribution < 1.29 is 22.3 Å². The van der Waals surface area contributed by atoms with Gasteiger partial charge in [0.05, 0.1) is 12.2 Å². The number of anilines is 1. The molecule has 0 atom stereocenters. The van der Waals surface area contributed by atoms with Gasteiger partial charge in [0, 0.05) is 0 Å². The Bertz CT molecular complexity index is 630. The number of ether oxygens (including phenoxy) is 1. The van der Waals surface area contributed by atoms with Gasteiger partial charge in [0.1, 0.15) is 12.4 Å². The molecular weight excluding hydrogens is 287 g/mol. The maximum Gasteiger partial charge on any atom is 0.425 e. The lowest BCUT2D eigenvalue weighted by molar-refractivity contribution is 0.170. The highest BCUT2D eigenvalue weighted by Crippen LogP contribution is 2.23. The fourth-order valence-electron chi connectivity index (χ4n) is 1.76. The Morgan fingerprint density at radius 1 is 1.40 bits per heavy atom. The van der Waals surface area contributed by atoms with Crippen molar-refractivity contribution >= 4 is 22.0 Å². The number of amides is 1. The highest BCUT2D eigenvalue weighted by atomic mass is 32.2. The number of carbonyl (C=O) groups excluding carboxylic acids is 1. The Morgan fingerprint density at radius 3 is 2.60 bits per heavy atom. The Balaban J connectivity index is 2.23. The monoisotopic (exact) mass is 302 g/mol. The second-order valence-corrected chi connectivity index (χ2v) is 6.28. The van der Waals surface area contributed by atoms with Crippen molar-refractivity contribution in [2.75, 3.05) is 17.9 Å². The Kier molecular flexibility index (Phi) is 3.85. The summed E-state index contributed by atoms with van der Waals surface area (Å²) >= 11 is 0. The van der Waals surface area contributed by atoms with Crippen LogP contribution < -0.4 is 4.72 Å². The van der Waals surface area contributed by atoms with Crippen LogP contribution in [0.5, 0.6) is 0 Å². The summed E-state index contributed by atoms with van der Waals surface area (Å²) in [6.45, 7) is 3.71. The number of nitrogens with one attached hydrogen (secondary N) is 1. The summed E-state index contributed by atoms with van der Waals surface area (Å²) in [4.78, 5) is 11.2. The third-order valence-electron chi connectivity index (χ3n) is 2.91. The molecule has 0 aliphatic carbocycles. The van der Waals surface area contributed by atoms with E-state index in [1.165, 1.54) is 12.1 Å². The van der Waals surface area contributed by atoms with Crippen LogP contribution >= 0.6 is 0 Å². The first-order valence-electron chi connectivity index (χ1n) is 6.08. The number of rotatable bonds is 4. The molecule has 0 saturated carbocycles. The molecule has 6 nitrogen and oxygen atoms in total. The number of nitrogens with zero attached hydrogens (tertiary/aromatic N) is 1. The van der Waals surface area contributed by atoms with Gasteiger partial charge in [-0.3, -0.25) is 4.72 Å². The average molecular weight is 302 g/mol. The van der Waals surface area contributed by atoms with Crippen LogP contribution in [0.25, 0.3) is 0 Å². The molecule has 1 saturated heterocycles. The van der Waals surface area contributed by atoms with Crippen LogP contribution in [0.1, 0.15) is 25.3 Å². The largest absolute Gasteiger partial charge is 0.447 e. The summed E-state index contributed by atoms with van der Waals surface area (Å²) in [6, 6.07) is 4.24. The van der Waals surface area contributed by atoms with Crippen molar-refractivity contribution in [3.63, 3.8) is 0 Å². The number of carbonyl (C=O) groups is 1. The number of hydrogen-bond donors (Lipinski definition) is 1. The van der Waals surface area contributed by atoms with E-state index in [1.54, 1.807) is 6.07 Å². The Labute approximate surface area is 116 Å². The Morgan fingerprint density at radius 2 is 2.10 bits per heavy atom. The van der Waals surface area contributed by atoms with Crippen LogP contribution in [0.2, 0.25) is 0 Å². The molecule has 1 fully saturated rings. The maximum absolute atomic E-state index is 13.9. The number of benzene rings is 1. The third kappa shape index (κ3) is 2.84. The van der Waals surface area contributed by atoms with E-state index in [1.807, 2.05) is 18.6 Å². The molecule has 2 rings (SSSR count). The molecule has 0 spiro atoms. The van der Waals surface area contributed by atoms with Crippen molar-refractivity contribution in [3.8, 4) is 0 Å². The highest BCUT2D eigenvalue weighted by Gasteiger charge is 2.33. The van der Waals surface area contributed by atoms with Gasteiger partial charge in [0.15, 0.2) is 0 Å². The first-order valence-corrected chi connectivity index (χ1v) is 7.52. The molecule has 20 heavy (non-hydrogen) atoms. The van der Waals surface area contributed by atoms with E-state index >= 15 is 0 Å². The number of cyclic esters (lactones) is 1. The zero-order valence-electron chi connectivity index (χ0n) is 11.1. The van der Waals surface area contributed by atoms with Gasteiger partial charge in [-0.1, -0.05) is 19.9 Å². The fourth-order valence-corrected chi connectivity index (χ4v) is 2.88. The van der Waals surface area contributed by atoms with Gasteiger partial charge in [-0.25, -0.2) is 9.18 Å². The van der Waals surface area contributed by atoms with E-state index in [-0.39, 0.29) is 24.8 Å². The first kappa shape index (κ1) is 14.6. The molecule has 0 radical (unpaired) electrons. The lowest BCUT2D eigenvalue weighted by Gasteiger charge is -2.16. The molecule has 110 valence electrons. The number of halogens is 1. The topological polar surface area (TPSA) is 75.7 Å². The molecule has 0 aromatic heterocycles. The van der Waals surface area contributed by atoms with Gasteiger partial charge in [0.25, 0.3) is 0 Å². The van der Waals surface area contributed by atoms with E-state index < -0.39 is 22.1 Å². The summed E-state index contributed by atoms with van der Waals surface area (Å²) in [5.41, 5.74) is 0.556. The van der Waals surface area contributed by atoms with Crippen LogP contribution in [0.3, 0.4) is 0 Å². The summed E-state index contributed by atoms with van der Waals surface area (Å²) in [5.74, 6) is -0.559. The van der Waals surface area contributed by atoms with Gasteiger partial charge in [-0.05, 0) is 23.6 Å². The fraction of sp³-hybridized carbons (Fsp3) is 0.417. The van der Waals surface area contributed by atoms with Crippen LogP contribution in [-0.2, 0) is 14.9 Å². The molecule has 1 aromatic carbocycles. The van der Waals surface area contributed by atoms with Crippen LogP contribution in [0.4, 0.5) is 14.9 Å². The summed E-state index contributed by atoms with van der Waals surface area (Å²) in [5, 5.41) is 0. The molecule has 1 heterocycles. The van der Waals surface area contributed by atoms with Crippen molar-refractivity contribution in [1.29, 1.82) is 0 Å². The summed E-state index contributed by atoms with van der Waals surface area (Å²) in [7, 11) is -4.15. The minimum absolute atomic E-state index is 0.00544.